The second-order valence-electron chi connectivity index (χ2n) is 3.63. The van der Waals surface area contributed by atoms with E-state index in [4.69, 9.17) is 4.74 Å². The number of hydrogen-bond donors (Lipinski definition) is 2. The summed E-state index contributed by atoms with van der Waals surface area (Å²) in [5.41, 5.74) is 0. The Labute approximate surface area is 104 Å². The highest BCUT2D eigenvalue weighted by molar-refractivity contribution is 5.75. The van der Waals surface area contributed by atoms with Crippen molar-refractivity contribution in [3.63, 3.8) is 0 Å². The van der Waals surface area contributed by atoms with Gasteiger partial charge in [-0.2, -0.15) is 0 Å². The number of carbonyl (C=O) groups excluding carboxylic acids is 1. The Bertz CT molecular complexity index is 400. The quantitative estimate of drug-likeness (QED) is 0.719. The SMILES string of the molecule is CNCCC(=O)NCCOc1ccc(F)c(F)c1. The van der Waals surface area contributed by atoms with Crippen molar-refractivity contribution in [1.29, 1.82) is 0 Å². The lowest BCUT2D eigenvalue weighted by Crippen LogP contribution is -2.30. The minimum Gasteiger partial charge on any atom is -0.492 e. The van der Waals surface area contributed by atoms with Gasteiger partial charge in [0.15, 0.2) is 11.6 Å². The van der Waals surface area contributed by atoms with Crippen LogP contribution in [0, 0.1) is 11.6 Å². The molecular weight excluding hydrogens is 242 g/mol. The van der Waals surface area contributed by atoms with Gasteiger partial charge in [-0.1, -0.05) is 0 Å². The van der Waals surface area contributed by atoms with Gasteiger partial charge < -0.3 is 15.4 Å². The average Bonchev–Trinajstić information content (AvgIpc) is 2.36. The minimum absolute atomic E-state index is 0.0850. The molecule has 0 bridgehead atoms. The molecule has 1 rings (SSSR count). The van der Waals surface area contributed by atoms with Crippen molar-refractivity contribution in [3.8, 4) is 5.75 Å². The van der Waals surface area contributed by atoms with Crippen LogP contribution in [-0.2, 0) is 4.79 Å². The molecule has 0 aliphatic carbocycles. The summed E-state index contributed by atoms with van der Waals surface area (Å²) in [5.74, 6) is -1.72. The maximum Gasteiger partial charge on any atom is 0.221 e. The normalized spacial score (nSPS) is 10.2. The first-order valence-electron chi connectivity index (χ1n) is 5.62. The molecule has 100 valence electrons. The van der Waals surface area contributed by atoms with Gasteiger partial charge in [0.25, 0.3) is 0 Å². The van der Waals surface area contributed by atoms with Crippen LogP contribution in [-0.4, -0.2) is 32.7 Å². The monoisotopic (exact) mass is 258 g/mol. The molecule has 6 heteroatoms. The van der Waals surface area contributed by atoms with Gasteiger partial charge in [0.1, 0.15) is 12.4 Å². The van der Waals surface area contributed by atoms with Crippen LogP contribution in [0.15, 0.2) is 18.2 Å². The molecule has 0 saturated heterocycles. The summed E-state index contributed by atoms with van der Waals surface area (Å²) in [7, 11) is 1.76. The van der Waals surface area contributed by atoms with E-state index in [1.54, 1.807) is 7.05 Å². The van der Waals surface area contributed by atoms with Gasteiger partial charge in [0.05, 0.1) is 6.54 Å². The van der Waals surface area contributed by atoms with Crippen LogP contribution in [0.5, 0.6) is 5.75 Å². The van der Waals surface area contributed by atoms with E-state index < -0.39 is 11.6 Å². The zero-order chi connectivity index (χ0) is 13.4. The van der Waals surface area contributed by atoms with Crippen LogP contribution >= 0.6 is 0 Å². The van der Waals surface area contributed by atoms with E-state index in [2.05, 4.69) is 10.6 Å². The molecule has 0 radical (unpaired) electrons. The van der Waals surface area contributed by atoms with Gasteiger partial charge in [-0.25, -0.2) is 8.78 Å². The number of carbonyl (C=O) groups is 1. The third-order valence-electron chi connectivity index (χ3n) is 2.19. The van der Waals surface area contributed by atoms with E-state index >= 15 is 0 Å². The molecule has 18 heavy (non-hydrogen) atoms. The predicted molar refractivity (Wildman–Crippen MR) is 63.4 cm³/mol. The maximum atomic E-state index is 12.8. The van der Waals surface area contributed by atoms with Crippen LogP contribution in [0.2, 0.25) is 0 Å². The van der Waals surface area contributed by atoms with Gasteiger partial charge in [-0.15, -0.1) is 0 Å². The van der Waals surface area contributed by atoms with E-state index in [0.717, 1.165) is 12.1 Å². The Balaban J connectivity index is 2.21. The average molecular weight is 258 g/mol. The van der Waals surface area contributed by atoms with Crippen LogP contribution in [0.25, 0.3) is 0 Å². The Morgan fingerprint density at radius 3 is 2.72 bits per heavy atom. The predicted octanol–water partition coefficient (Wildman–Crippen LogP) is 1.07. The molecule has 0 heterocycles. The van der Waals surface area contributed by atoms with Gasteiger partial charge in [-0.05, 0) is 19.2 Å². The number of nitrogens with one attached hydrogen (secondary N) is 2. The fourth-order valence-corrected chi connectivity index (χ4v) is 1.25. The Morgan fingerprint density at radius 1 is 1.28 bits per heavy atom. The third kappa shape index (κ3) is 5.09. The number of benzene rings is 1. The lowest BCUT2D eigenvalue weighted by atomic mass is 10.3. The maximum absolute atomic E-state index is 12.8. The molecule has 2 N–H and O–H groups in total. The number of amides is 1. The van der Waals surface area contributed by atoms with E-state index in [-0.39, 0.29) is 18.3 Å². The topological polar surface area (TPSA) is 50.4 Å². The van der Waals surface area contributed by atoms with Gasteiger partial charge in [-0.3, -0.25) is 4.79 Å². The minimum atomic E-state index is -0.953. The molecule has 1 aromatic carbocycles. The molecular formula is C12H16F2N2O2. The van der Waals surface area contributed by atoms with E-state index in [1.807, 2.05) is 0 Å². The highest BCUT2D eigenvalue weighted by atomic mass is 19.2. The molecule has 1 amide bonds. The van der Waals surface area contributed by atoms with E-state index in [9.17, 15) is 13.6 Å². The van der Waals surface area contributed by atoms with Crippen LogP contribution < -0.4 is 15.4 Å². The first-order chi connectivity index (χ1) is 8.63. The number of hydrogen-bond acceptors (Lipinski definition) is 3. The van der Waals surface area contributed by atoms with Gasteiger partial charge in [0.2, 0.25) is 5.91 Å². The second kappa shape index (κ2) is 7.60. The van der Waals surface area contributed by atoms with Gasteiger partial charge in [0, 0.05) is 19.0 Å². The van der Waals surface area contributed by atoms with Crippen molar-refractivity contribution in [2.24, 2.45) is 0 Å². The zero-order valence-electron chi connectivity index (χ0n) is 10.1. The van der Waals surface area contributed by atoms with Crippen molar-refractivity contribution in [1.82, 2.24) is 10.6 Å². The summed E-state index contributed by atoms with van der Waals surface area (Å²) in [6.45, 7) is 1.13. The number of halogens is 2. The number of rotatable bonds is 7. The molecule has 0 fully saturated rings. The molecule has 1 aromatic rings. The van der Waals surface area contributed by atoms with Crippen molar-refractivity contribution >= 4 is 5.91 Å². The molecule has 0 unspecified atom stereocenters. The zero-order valence-corrected chi connectivity index (χ0v) is 10.1. The fraction of sp³-hybridized carbons (Fsp3) is 0.417. The van der Waals surface area contributed by atoms with Crippen LogP contribution in [0.4, 0.5) is 8.78 Å². The first kappa shape index (κ1) is 14.4. The van der Waals surface area contributed by atoms with E-state index in [0.29, 0.717) is 19.5 Å². The van der Waals surface area contributed by atoms with Crippen molar-refractivity contribution in [3.05, 3.63) is 29.8 Å². The van der Waals surface area contributed by atoms with Crippen LogP contribution in [0.1, 0.15) is 6.42 Å². The third-order valence-corrected chi connectivity index (χ3v) is 2.19. The summed E-state index contributed by atoms with van der Waals surface area (Å²) >= 11 is 0. The van der Waals surface area contributed by atoms with Crippen molar-refractivity contribution in [2.45, 2.75) is 6.42 Å². The smallest absolute Gasteiger partial charge is 0.221 e. The summed E-state index contributed by atoms with van der Waals surface area (Å²) in [6.07, 6.45) is 0.391. The Morgan fingerprint density at radius 2 is 2.06 bits per heavy atom. The highest BCUT2D eigenvalue weighted by Gasteiger charge is 2.03. The molecule has 0 spiro atoms. The fourth-order valence-electron chi connectivity index (χ4n) is 1.25. The molecule has 0 aliphatic rings. The summed E-state index contributed by atoms with van der Waals surface area (Å²) in [6, 6.07) is 3.30. The van der Waals surface area contributed by atoms with Crippen molar-refractivity contribution < 1.29 is 18.3 Å². The van der Waals surface area contributed by atoms with Crippen LogP contribution in [0.3, 0.4) is 0 Å². The largest absolute Gasteiger partial charge is 0.492 e. The number of ether oxygens (including phenoxy) is 1. The molecule has 0 atom stereocenters. The summed E-state index contributed by atoms with van der Waals surface area (Å²) in [5, 5.41) is 5.50. The van der Waals surface area contributed by atoms with E-state index in [1.165, 1.54) is 6.07 Å². The molecule has 0 saturated carbocycles. The molecule has 0 aromatic heterocycles. The molecule has 4 nitrogen and oxygen atoms in total. The lowest BCUT2D eigenvalue weighted by Gasteiger charge is -2.08. The first-order valence-corrected chi connectivity index (χ1v) is 5.62. The second-order valence-corrected chi connectivity index (χ2v) is 3.63. The van der Waals surface area contributed by atoms with Gasteiger partial charge >= 0.3 is 0 Å². The summed E-state index contributed by atoms with van der Waals surface area (Å²) in [4.78, 5) is 11.2. The summed E-state index contributed by atoms with van der Waals surface area (Å²) < 4.78 is 30.6. The highest BCUT2D eigenvalue weighted by Crippen LogP contribution is 2.14. The standard InChI is InChI=1S/C12H16F2N2O2/c1-15-5-4-12(17)16-6-7-18-9-2-3-10(13)11(14)8-9/h2-3,8,15H,4-7H2,1H3,(H,16,17). The lowest BCUT2D eigenvalue weighted by molar-refractivity contribution is -0.121. The Kier molecular flexibility index (Phi) is 6.07. The molecule has 0 aliphatic heterocycles. The Hall–Kier alpha value is -1.69. The van der Waals surface area contributed by atoms with Crippen molar-refractivity contribution in [2.75, 3.05) is 26.7 Å².